The van der Waals surface area contributed by atoms with Crippen LogP contribution in [0.1, 0.15) is 13.8 Å². The van der Waals surface area contributed by atoms with Gasteiger partial charge in [-0.05, 0) is 62.4 Å². The number of hydrogen-bond acceptors (Lipinski definition) is 5. The maximum atomic E-state index is 13.6. The zero-order valence-electron chi connectivity index (χ0n) is 17.7. The van der Waals surface area contributed by atoms with E-state index < -0.39 is 0 Å². The van der Waals surface area contributed by atoms with Crippen molar-refractivity contribution < 1.29 is 4.39 Å². The van der Waals surface area contributed by atoms with Crippen molar-refractivity contribution in [3.63, 3.8) is 0 Å². The lowest BCUT2D eigenvalue weighted by molar-refractivity contribution is 0.627. The number of benzene rings is 3. The molecule has 1 aliphatic heterocycles. The molecule has 6 nitrogen and oxygen atoms in total. The maximum absolute atomic E-state index is 13.6. The zero-order chi connectivity index (χ0) is 22.1. The highest BCUT2D eigenvalue weighted by Crippen LogP contribution is 2.30. The van der Waals surface area contributed by atoms with E-state index in [1.54, 1.807) is 30.7 Å². The summed E-state index contributed by atoms with van der Waals surface area (Å²) in [7, 11) is 0. The minimum absolute atomic E-state index is 0.0857. The van der Waals surface area contributed by atoms with Crippen molar-refractivity contribution in [3.8, 4) is 17.1 Å². The monoisotopic (exact) mass is 424 g/mol. The van der Waals surface area contributed by atoms with E-state index in [-0.39, 0.29) is 11.9 Å². The van der Waals surface area contributed by atoms with Crippen LogP contribution in [-0.2, 0) is 0 Å². The predicted molar refractivity (Wildman–Crippen MR) is 124 cm³/mol. The molecule has 2 aliphatic rings. The predicted octanol–water partition coefficient (Wildman–Crippen LogP) is 5.11. The van der Waals surface area contributed by atoms with Crippen molar-refractivity contribution in [2.75, 3.05) is 5.32 Å². The lowest BCUT2D eigenvalue weighted by Gasteiger charge is -2.20. The van der Waals surface area contributed by atoms with Crippen molar-refractivity contribution in [1.82, 2.24) is 19.5 Å². The lowest BCUT2D eigenvalue weighted by Crippen LogP contribution is -2.16. The SMILES string of the molecule is CC(C)/N=c1\cc2n(-c3ccc(F)cc3)c3ccccc3nc-2cc1Nc1cnccn1. The van der Waals surface area contributed by atoms with Gasteiger partial charge < -0.3 is 9.88 Å². The van der Waals surface area contributed by atoms with Crippen LogP contribution in [0, 0.1) is 5.82 Å². The van der Waals surface area contributed by atoms with Gasteiger partial charge in [0, 0.05) is 24.1 Å². The quantitative estimate of drug-likeness (QED) is 0.407. The van der Waals surface area contributed by atoms with Crippen LogP contribution in [0.5, 0.6) is 0 Å². The van der Waals surface area contributed by atoms with Crippen molar-refractivity contribution in [1.29, 1.82) is 0 Å². The van der Waals surface area contributed by atoms with Gasteiger partial charge in [0.2, 0.25) is 0 Å². The fourth-order valence-corrected chi connectivity index (χ4v) is 3.70. The molecule has 0 amide bonds. The molecule has 0 radical (unpaired) electrons. The van der Waals surface area contributed by atoms with Gasteiger partial charge in [-0.15, -0.1) is 0 Å². The Bertz CT molecular complexity index is 1430. The first kappa shape index (κ1) is 19.8. The van der Waals surface area contributed by atoms with Gasteiger partial charge in [-0.25, -0.2) is 14.4 Å². The third-order valence-corrected chi connectivity index (χ3v) is 5.01. The Morgan fingerprint density at radius 2 is 1.81 bits per heavy atom. The minimum Gasteiger partial charge on any atom is -0.337 e. The average Bonchev–Trinajstić information content (AvgIpc) is 2.79. The molecule has 1 aliphatic carbocycles. The molecule has 5 rings (SSSR count). The van der Waals surface area contributed by atoms with E-state index in [4.69, 9.17) is 9.98 Å². The Morgan fingerprint density at radius 1 is 1.00 bits per heavy atom. The summed E-state index contributed by atoms with van der Waals surface area (Å²) < 4.78 is 15.7. The Kier molecular flexibility index (Phi) is 5.07. The molecule has 7 heteroatoms. The van der Waals surface area contributed by atoms with Gasteiger partial charge >= 0.3 is 0 Å². The fraction of sp³-hybridized carbons (Fsp3) is 0.120. The molecule has 0 saturated heterocycles. The summed E-state index contributed by atoms with van der Waals surface area (Å²) in [5.74, 6) is 0.349. The first-order valence-corrected chi connectivity index (χ1v) is 10.4. The van der Waals surface area contributed by atoms with E-state index in [0.717, 1.165) is 39.2 Å². The zero-order valence-corrected chi connectivity index (χ0v) is 17.7. The number of nitrogens with one attached hydrogen (secondary N) is 1. The number of anilines is 2. The highest BCUT2D eigenvalue weighted by Gasteiger charge is 2.17. The van der Waals surface area contributed by atoms with E-state index in [1.807, 2.05) is 50.2 Å². The Hall–Kier alpha value is -4.13. The van der Waals surface area contributed by atoms with E-state index in [9.17, 15) is 4.39 Å². The molecule has 1 aromatic heterocycles. The number of fused-ring (bicyclic) bond motifs is 2. The van der Waals surface area contributed by atoms with Crippen LogP contribution in [-0.4, -0.2) is 25.6 Å². The maximum Gasteiger partial charge on any atom is 0.148 e. The number of rotatable bonds is 4. The van der Waals surface area contributed by atoms with Crippen molar-refractivity contribution in [3.05, 3.63) is 90.4 Å². The highest BCUT2D eigenvalue weighted by molar-refractivity contribution is 5.84. The van der Waals surface area contributed by atoms with Gasteiger partial charge in [0.25, 0.3) is 0 Å². The third kappa shape index (κ3) is 3.80. The second-order valence-electron chi connectivity index (χ2n) is 7.71. The molecule has 0 bridgehead atoms. The van der Waals surface area contributed by atoms with Crippen LogP contribution in [0.15, 0.2) is 84.2 Å². The fourth-order valence-electron chi connectivity index (χ4n) is 3.70. The standard InChI is InChI=1S/C25H21FN6/c1-16(2)29-21-14-24-22(13-20(21)31-25-15-27-11-12-28-25)30-19-5-3-4-6-23(19)32(24)18-9-7-17(26)8-10-18/h3-16H,1-2H3,(H,28,31)/b29-21+. The number of nitrogens with zero attached hydrogens (tertiary/aromatic N) is 5. The largest absolute Gasteiger partial charge is 0.337 e. The van der Waals surface area contributed by atoms with E-state index in [0.29, 0.717) is 5.82 Å². The number of halogens is 1. The van der Waals surface area contributed by atoms with Gasteiger partial charge in [0.15, 0.2) is 0 Å². The second-order valence-corrected chi connectivity index (χ2v) is 7.71. The molecule has 158 valence electrons. The first-order valence-electron chi connectivity index (χ1n) is 10.4. The molecule has 0 unspecified atom stereocenters. The smallest absolute Gasteiger partial charge is 0.148 e. The van der Waals surface area contributed by atoms with Crippen LogP contribution >= 0.6 is 0 Å². The summed E-state index contributed by atoms with van der Waals surface area (Å²) in [6, 6.07) is 18.4. The normalized spacial score (nSPS) is 12.1. The molecule has 2 heterocycles. The Labute approximate surface area is 184 Å². The summed E-state index contributed by atoms with van der Waals surface area (Å²) in [6.45, 7) is 4.06. The van der Waals surface area contributed by atoms with Crippen LogP contribution in [0.25, 0.3) is 28.1 Å². The molecule has 3 aromatic rings. The van der Waals surface area contributed by atoms with E-state index >= 15 is 0 Å². The number of hydrogen-bond donors (Lipinski definition) is 1. The molecule has 32 heavy (non-hydrogen) atoms. The van der Waals surface area contributed by atoms with Crippen LogP contribution in [0.2, 0.25) is 0 Å². The molecule has 0 atom stereocenters. The van der Waals surface area contributed by atoms with Crippen LogP contribution < -0.4 is 10.7 Å². The van der Waals surface area contributed by atoms with Gasteiger partial charge in [0.05, 0.1) is 39.7 Å². The van der Waals surface area contributed by atoms with Gasteiger partial charge in [-0.1, -0.05) is 12.1 Å². The Morgan fingerprint density at radius 3 is 2.56 bits per heavy atom. The van der Waals surface area contributed by atoms with E-state index in [2.05, 4.69) is 19.9 Å². The van der Waals surface area contributed by atoms with Gasteiger partial charge in [-0.2, -0.15) is 0 Å². The molecular weight excluding hydrogens is 403 g/mol. The molecule has 0 spiro atoms. The average molecular weight is 424 g/mol. The third-order valence-electron chi connectivity index (χ3n) is 5.01. The van der Waals surface area contributed by atoms with Crippen molar-refractivity contribution in [2.24, 2.45) is 4.99 Å². The summed E-state index contributed by atoms with van der Waals surface area (Å²) in [5.41, 5.74) is 5.06. The highest BCUT2D eigenvalue weighted by atomic mass is 19.1. The summed E-state index contributed by atoms with van der Waals surface area (Å²) in [5, 5.41) is 4.10. The van der Waals surface area contributed by atoms with Crippen LogP contribution in [0.3, 0.4) is 0 Å². The number of aromatic nitrogens is 4. The molecular formula is C25H21FN6. The molecule has 0 saturated carbocycles. The minimum atomic E-state index is -0.275. The lowest BCUT2D eigenvalue weighted by atomic mass is 10.1. The molecule has 1 N–H and O–H groups in total. The molecule has 2 aromatic carbocycles. The van der Waals surface area contributed by atoms with Crippen LogP contribution in [0.4, 0.5) is 15.9 Å². The van der Waals surface area contributed by atoms with Crippen molar-refractivity contribution >= 4 is 22.5 Å². The second kappa shape index (κ2) is 8.19. The van der Waals surface area contributed by atoms with Gasteiger partial charge in [0.1, 0.15) is 11.6 Å². The summed E-state index contributed by atoms with van der Waals surface area (Å²) >= 11 is 0. The summed E-state index contributed by atoms with van der Waals surface area (Å²) in [6.07, 6.45) is 4.93. The Balaban J connectivity index is 1.83. The van der Waals surface area contributed by atoms with Gasteiger partial charge in [-0.3, -0.25) is 9.98 Å². The molecule has 0 fully saturated rings. The van der Waals surface area contributed by atoms with Crippen molar-refractivity contribution in [2.45, 2.75) is 19.9 Å². The number of para-hydroxylation sites is 2. The first-order chi connectivity index (χ1) is 15.6. The summed E-state index contributed by atoms with van der Waals surface area (Å²) in [4.78, 5) is 18.2. The van der Waals surface area contributed by atoms with E-state index in [1.165, 1.54) is 12.1 Å². The topological polar surface area (TPSA) is 68.0 Å².